The Balaban J connectivity index is 1.88. The Kier molecular flexibility index (Phi) is 8.22. The van der Waals surface area contributed by atoms with Gasteiger partial charge in [-0.15, -0.1) is 0 Å². The van der Waals surface area contributed by atoms with Crippen molar-refractivity contribution in [1.29, 1.82) is 0 Å². The maximum atomic E-state index is 14.0. The Morgan fingerprint density at radius 2 is 1.86 bits per heavy atom. The number of carbonyl (C=O) groups is 2. The first-order valence-electron chi connectivity index (χ1n) is 11.2. The molecule has 190 valence electrons. The maximum absolute atomic E-state index is 14.0. The Hall–Kier alpha value is -4.04. The number of benzene rings is 1. The largest absolute Gasteiger partial charge is 0.497 e. The van der Waals surface area contributed by atoms with Gasteiger partial charge in [0.05, 0.1) is 18.5 Å². The summed E-state index contributed by atoms with van der Waals surface area (Å²) in [6.45, 7) is 1.64. The van der Waals surface area contributed by atoms with Crippen LogP contribution in [0.3, 0.4) is 0 Å². The van der Waals surface area contributed by atoms with Crippen LogP contribution in [0.15, 0.2) is 82.4 Å². The number of hydrazone groups is 1. The number of methoxy groups -OCH3 is 1. The number of amides is 2. The molecule has 0 spiro atoms. The van der Waals surface area contributed by atoms with E-state index in [0.717, 1.165) is 11.1 Å². The van der Waals surface area contributed by atoms with Gasteiger partial charge in [-0.25, -0.2) is 0 Å². The molecule has 0 saturated carbocycles. The van der Waals surface area contributed by atoms with E-state index >= 15 is 0 Å². The minimum Gasteiger partial charge on any atom is -0.497 e. The fraction of sp³-hybridized carbons (Fsp3) is 0.308. The third-order valence-electron chi connectivity index (χ3n) is 5.70. The Morgan fingerprint density at radius 3 is 2.47 bits per heavy atom. The molecule has 0 unspecified atom stereocenters. The van der Waals surface area contributed by atoms with E-state index in [0.29, 0.717) is 29.3 Å². The average molecular weight is 501 g/mol. The first-order valence-corrected chi connectivity index (χ1v) is 11.2. The normalized spacial score (nSPS) is 16.5. The summed E-state index contributed by atoms with van der Waals surface area (Å²) in [5, 5.41) is 4.95. The van der Waals surface area contributed by atoms with Crippen LogP contribution >= 0.6 is 0 Å². The molecule has 1 heterocycles. The van der Waals surface area contributed by atoms with Crippen LogP contribution in [-0.2, 0) is 9.59 Å². The number of ether oxygens (including phenoxy) is 1. The number of rotatable bonds is 6. The summed E-state index contributed by atoms with van der Waals surface area (Å²) < 4.78 is 47.2. The number of halogens is 3. The lowest BCUT2D eigenvalue weighted by atomic mass is 10.0. The monoisotopic (exact) mass is 500 g/mol. The molecular weight excluding hydrogens is 473 g/mol. The summed E-state index contributed by atoms with van der Waals surface area (Å²) >= 11 is 0. The third-order valence-corrected chi connectivity index (χ3v) is 5.70. The summed E-state index contributed by atoms with van der Waals surface area (Å²) in [6.07, 6.45) is 3.04. The molecule has 0 saturated heterocycles. The molecule has 0 bridgehead atoms. The summed E-state index contributed by atoms with van der Waals surface area (Å²) in [5.41, 5.74) is 3.07. The number of allylic oxidation sites excluding steroid dienone is 4. The minimum absolute atomic E-state index is 0.0282. The van der Waals surface area contributed by atoms with Crippen LogP contribution < -0.4 is 9.75 Å². The molecule has 1 aromatic rings. The predicted octanol–water partition coefficient (Wildman–Crippen LogP) is 4.57. The fourth-order valence-corrected chi connectivity index (χ4v) is 3.63. The smallest absolute Gasteiger partial charge is 0.435 e. The molecule has 0 atom stereocenters. The van der Waals surface area contributed by atoms with Crippen molar-refractivity contribution in [3.63, 3.8) is 0 Å². The molecule has 2 aliphatic rings. The van der Waals surface area contributed by atoms with Crippen molar-refractivity contribution in [2.75, 3.05) is 32.8 Å². The lowest BCUT2D eigenvalue weighted by Gasteiger charge is -2.20. The zero-order chi connectivity index (χ0) is 26.5. The van der Waals surface area contributed by atoms with Gasteiger partial charge in [0.15, 0.2) is 5.71 Å². The number of hydrogen-bond donors (Lipinski definition) is 0. The van der Waals surface area contributed by atoms with Crippen LogP contribution in [0.4, 0.5) is 18.9 Å². The number of hydrogen-bond acceptors (Lipinski definition) is 5. The second kappa shape index (κ2) is 11.1. The maximum Gasteiger partial charge on any atom is 0.435 e. The summed E-state index contributed by atoms with van der Waals surface area (Å²) in [5.74, 6) is -0.202. The first-order chi connectivity index (χ1) is 17.0. The summed E-state index contributed by atoms with van der Waals surface area (Å²) in [4.78, 5) is 27.5. The Labute approximate surface area is 207 Å². The quantitative estimate of drug-likeness (QED) is 0.326. The highest BCUT2D eigenvalue weighted by atomic mass is 19.4. The van der Waals surface area contributed by atoms with E-state index in [9.17, 15) is 22.8 Å². The molecule has 0 fully saturated rings. The molecule has 2 amide bonds. The lowest BCUT2D eigenvalue weighted by Crippen LogP contribution is -2.30. The van der Waals surface area contributed by atoms with Crippen LogP contribution in [0, 0.1) is 0 Å². The van der Waals surface area contributed by atoms with Crippen molar-refractivity contribution >= 4 is 23.2 Å². The summed E-state index contributed by atoms with van der Waals surface area (Å²) in [6, 6.07) is 6.43. The van der Waals surface area contributed by atoms with Gasteiger partial charge < -0.3 is 14.5 Å². The van der Waals surface area contributed by atoms with E-state index in [4.69, 9.17) is 4.74 Å². The number of likely N-dealkylation sites (N-methyl/N-ethyl adjacent to an activating group) is 1. The number of nitrogens with zero attached hydrogens (tertiary/aromatic N) is 4. The molecule has 1 aliphatic heterocycles. The average Bonchev–Trinajstić information content (AvgIpc) is 3.19. The van der Waals surface area contributed by atoms with Crippen molar-refractivity contribution in [2.24, 2.45) is 5.10 Å². The zero-order valence-corrected chi connectivity index (χ0v) is 20.5. The van der Waals surface area contributed by atoms with Crippen LogP contribution in [0.5, 0.6) is 5.75 Å². The Morgan fingerprint density at radius 1 is 1.17 bits per heavy atom. The third kappa shape index (κ3) is 6.34. The van der Waals surface area contributed by atoms with Gasteiger partial charge in [0.1, 0.15) is 5.75 Å². The molecule has 10 heteroatoms. The molecule has 7 nitrogen and oxygen atoms in total. The van der Waals surface area contributed by atoms with Crippen molar-refractivity contribution < 1.29 is 27.5 Å². The molecule has 1 aromatic carbocycles. The Bertz CT molecular complexity index is 1200. The van der Waals surface area contributed by atoms with Crippen LogP contribution in [0.25, 0.3) is 0 Å². The van der Waals surface area contributed by atoms with Gasteiger partial charge in [-0.05, 0) is 67.0 Å². The van der Waals surface area contributed by atoms with Gasteiger partial charge in [0, 0.05) is 39.3 Å². The molecule has 0 aromatic heterocycles. The van der Waals surface area contributed by atoms with Gasteiger partial charge >= 0.3 is 6.18 Å². The fourth-order valence-electron chi connectivity index (χ4n) is 3.63. The molecule has 1 aliphatic carbocycles. The number of alkyl halides is 3. The standard InChI is InChI=1S/C26H27F3N4O3/c1-18(34)31(2)20-8-5-9-22(11-10-20)33-16-6-7-19(17-24(33)35)25(26(27,28)29)30-32(3)21-12-14-23(36-4)15-13-21/h5,9-15,17H,6-7,16H2,1-4H3/b30-25+. The van der Waals surface area contributed by atoms with E-state index in [2.05, 4.69) is 10.8 Å². The highest BCUT2D eigenvalue weighted by Gasteiger charge is 2.40. The van der Waals surface area contributed by atoms with Crippen molar-refractivity contribution in [1.82, 2.24) is 9.80 Å². The second-order valence-electron chi connectivity index (χ2n) is 8.13. The van der Waals surface area contributed by atoms with E-state index in [1.54, 1.807) is 55.6 Å². The molecule has 36 heavy (non-hydrogen) atoms. The molecular formula is C26H27F3N4O3. The van der Waals surface area contributed by atoms with Gasteiger partial charge in [-0.2, -0.15) is 18.3 Å². The van der Waals surface area contributed by atoms with Gasteiger partial charge in [0.25, 0.3) is 5.91 Å². The van der Waals surface area contributed by atoms with Gasteiger partial charge in [-0.3, -0.25) is 14.6 Å². The van der Waals surface area contributed by atoms with Crippen molar-refractivity contribution in [3.05, 3.63) is 77.3 Å². The van der Waals surface area contributed by atoms with Gasteiger partial charge in [-0.1, -0.05) is 5.73 Å². The van der Waals surface area contributed by atoms with E-state index < -0.39 is 17.8 Å². The highest BCUT2D eigenvalue weighted by Crippen LogP contribution is 2.29. The highest BCUT2D eigenvalue weighted by molar-refractivity contribution is 6.09. The minimum atomic E-state index is -4.76. The predicted molar refractivity (Wildman–Crippen MR) is 131 cm³/mol. The van der Waals surface area contributed by atoms with Crippen LogP contribution in [-0.4, -0.2) is 61.3 Å². The lowest BCUT2D eigenvalue weighted by molar-refractivity contribution is -0.126. The molecule has 3 rings (SSSR count). The topological polar surface area (TPSA) is 65.5 Å². The van der Waals surface area contributed by atoms with Gasteiger partial charge in [0.2, 0.25) is 5.91 Å². The van der Waals surface area contributed by atoms with E-state index in [1.807, 2.05) is 0 Å². The van der Waals surface area contributed by atoms with Crippen molar-refractivity contribution in [3.8, 4) is 5.75 Å². The van der Waals surface area contributed by atoms with Crippen LogP contribution in [0.2, 0.25) is 0 Å². The van der Waals surface area contributed by atoms with E-state index in [-0.39, 0.29) is 24.4 Å². The van der Waals surface area contributed by atoms with Crippen LogP contribution in [0.1, 0.15) is 19.8 Å². The van der Waals surface area contributed by atoms with E-state index in [1.165, 1.54) is 30.9 Å². The molecule has 0 N–H and O–H groups in total. The number of anilines is 1. The van der Waals surface area contributed by atoms with Crippen molar-refractivity contribution in [2.45, 2.75) is 25.9 Å². The second-order valence-corrected chi connectivity index (χ2v) is 8.13. The SMILES string of the molecule is COc1ccc(N(C)/N=C(\C2=CC(=O)N(C3=CC=C=C(N(C)C(C)=O)C=C3)CCC2)C(F)(F)F)cc1. The zero-order valence-electron chi connectivity index (χ0n) is 20.5. The number of carbonyl (C=O) groups excluding carboxylic acids is 2. The summed E-state index contributed by atoms with van der Waals surface area (Å²) in [7, 11) is 4.50. The molecule has 0 radical (unpaired) electrons. The first kappa shape index (κ1) is 26.6.